The summed E-state index contributed by atoms with van der Waals surface area (Å²) >= 11 is 0. The molecule has 0 saturated carbocycles. The fraction of sp³-hybridized carbons (Fsp3) is 0.200. The summed E-state index contributed by atoms with van der Waals surface area (Å²) in [6.45, 7) is 0.386. The molecule has 1 aromatic carbocycles. The van der Waals surface area contributed by atoms with Crippen LogP contribution in [0.4, 0.5) is 4.39 Å². The normalized spacial score (nSPS) is 10.3. The first-order valence-electron chi connectivity index (χ1n) is 6.25. The van der Waals surface area contributed by atoms with E-state index in [1.54, 1.807) is 31.4 Å². The molecule has 2 rings (SSSR count). The number of halogens is 1. The predicted octanol–water partition coefficient (Wildman–Crippen LogP) is 1.50. The van der Waals surface area contributed by atoms with Crippen molar-refractivity contribution in [3.8, 4) is 0 Å². The first-order valence-corrected chi connectivity index (χ1v) is 6.25. The van der Waals surface area contributed by atoms with Gasteiger partial charge in [-0.3, -0.25) is 9.59 Å². The monoisotopic (exact) mass is 274 g/mol. The number of carbonyl (C=O) groups is 1. The minimum Gasteiger partial charge on any atom is -0.352 e. The van der Waals surface area contributed by atoms with Crippen LogP contribution in [0.15, 0.2) is 47.4 Å². The average molecular weight is 274 g/mol. The molecule has 0 unspecified atom stereocenters. The van der Waals surface area contributed by atoms with Crippen molar-refractivity contribution in [3.63, 3.8) is 0 Å². The molecule has 20 heavy (non-hydrogen) atoms. The molecule has 1 heterocycles. The summed E-state index contributed by atoms with van der Waals surface area (Å²) in [7, 11) is 1.62. The van der Waals surface area contributed by atoms with Crippen LogP contribution in [0.1, 0.15) is 15.9 Å². The van der Waals surface area contributed by atoms with E-state index in [-0.39, 0.29) is 17.3 Å². The maximum Gasteiger partial charge on any atom is 0.251 e. The van der Waals surface area contributed by atoms with Gasteiger partial charge in [0, 0.05) is 31.4 Å². The lowest BCUT2D eigenvalue weighted by molar-refractivity contribution is 0.0954. The molecule has 0 radical (unpaired) electrons. The van der Waals surface area contributed by atoms with Crippen LogP contribution in [0, 0.1) is 5.82 Å². The summed E-state index contributed by atoms with van der Waals surface area (Å²) in [4.78, 5) is 23.3. The smallest absolute Gasteiger partial charge is 0.251 e. The molecule has 0 spiro atoms. The third-order valence-corrected chi connectivity index (χ3v) is 2.95. The van der Waals surface area contributed by atoms with E-state index in [1.165, 1.54) is 22.8 Å². The predicted molar refractivity (Wildman–Crippen MR) is 74.1 cm³/mol. The summed E-state index contributed by atoms with van der Waals surface area (Å²) < 4.78 is 14.4. The van der Waals surface area contributed by atoms with Crippen molar-refractivity contribution in [1.82, 2.24) is 9.88 Å². The van der Waals surface area contributed by atoms with Gasteiger partial charge in [0.15, 0.2) is 0 Å². The lowest BCUT2D eigenvalue weighted by atomic mass is 10.1. The van der Waals surface area contributed by atoms with E-state index in [9.17, 15) is 14.0 Å². The van der Waals surface area contributed by atoms with Gasteiger partial charge >= 0.3 is 0 Å². The maximum absolute atomic E-state index is 13.0. The zero-order valence-electron chi connectivity index (χ0n) is 11.1. The molecule has 0 atom stereocenters. The number of carbonyl (C=O) groups excluding carboxylic acids is 1. The van der Waals surface area contributed by atoms with Gasteiger partial charge in [-0.15, -0.1) is 0 Å². The molecule has 104 valence electrons. The number of aromatic nitrogens is 1. The van der Waals surface area contributed by atoms with Crippen LogP contribution in [-0.2, 0) is 13.5 Å². The zero-order valence-corrected chi connectivity index (χ0v) is 11.1. The number of hydrogen-bond donors (Lipinski definition) is 1. The van der Waals surface area contributed by atoms with Crippen LogP contribution in [0.3, 0.4) is 0 Å². The van der Waals surface area contributed by atoms with Crippen LogP contribution in [0.2, 0.25) is 0 Å². The molecule has 0 aliphatic heterocycles. The number of amides is 1. The Kier molecular flexibility index (Phi) is 4.30. The Hall–Kier alpha value is -2.43. The van der Waals surface area contributed by atoms with Crippen molar-refractivity contribution in [2.75, 3.05) is 6.54 Å². The van der Waals surface area contributed by atoms with Crippen molar-refractivity contribution in [2.45, 2.75) is 6.42 Å². The Balaban J connectivity index is 1.92. The highest BCUT2D eigenvalue weighted by Gasteiger charge is 2.06. The van der Waals surface area contributed by atoms with Gasteiger partial charge in [0.2, 0.25) is 0 Å². The molecule has 4 nitrogen and oxygen atoms in total. The molecule has 0 aliphatic rings. The quantitative estimate of drug-likeness (QED) is 0.918. The minimum atomic E-state index is -0.306. The molecular formula is C15H15FN2O2. The van der Waals surface area contributed by atoms with Crippen LogP contribution in [-0.4, -0.2) is 17.0 Å². The van der Waals surface area contributed by atoms with Crippen LogP contribution >= 0.6 is 0 Å². The van der Waals surface area contributed by atoms with E-state index in [0.29, 0.717) is 18.5 Å². The van der Waals surface area contributed by atoms with E-state index >= 15 is 0 Å². The third kappa shape index (κ3) is 3.54. The second-order valence-electron chi connectivity index (χ2n) is 4.50. The summed E-state index contributed by atoms with van der Waals surface area (Å²) in [5.74, 6) is -0.598. The number of hydrogen-bond acceptors (Lipinski definition) is 2. The number of nitrogens with one attached hydrogen (secondary N) is 1. The largest absolute Gasteiger partial charge is 0.352 e. The third-order valence-electron chi connectivity index (χ3n) is 2.95. The molecule has 5 heteroatoms. The number of aryl methyl sites for hydroxylation is 1. The van der Waals surface area contributed by atoms with Crippen LogP contribution in [0.5, 0.6) is 0 Å². The van der Waals surface area contributed by atoms with Gasteiger partial charge < -0.3 is 9.88 Å². The Morgan fingerprint density at radius 2 is 2.10 bits per heavy atom. The first kappa shape index (κ1) is 14.0. The van der Waals surface area contributed by atoms with Gasteiger partial charge in [0.05, 0.1) is 0 Å². The topological polar surface area (TPSA) is 51.1 Å². The lowest BCUT2D eigenvalue weighted by Gasteiger charge is -2.06. The Morgan fingerprint density at radius 3 is 2.80 bits per heavy atom. The number of rotatable bonds is 4. The van der Waals surface area contributed by atoms with E-state index in [0.717, 1.165) is 5.56 Å². The van der Waals surface area contributed by atoms with E-state index < -0.39 is 0 Å². The average Bonchev–Trinajstić information content (AvgIpc) is 2.42. The first-order chi connectivity index (χ1) is 9.56. The Bertz CT molecular complexity index is 680. The second kappa shape index (κ2) is 6.14. The van der Waals surface area contributed by atoms with Gasteiger partial charge in [0.1, 0.15) is 5.82 Å². The second-order valence-corrected chi connectivity index (χ2v) is 4.50. The van der Waals surface area contributed by atoms with E-state index in [1.807, 2.05) is 0 Å². The summed E-state index contributed by atoms with van der Waals surface area (Å²) in [6.07, 6.45) is 2.08. The van der Waals surface area contributed by atoms with Crippen molar-refractivity contribution in [2.24, 2.45) is 7.05 Å². The minimum absolute atomic E-state index is 0.234. The Labute approximate surface area is 115 Å². The highest BCUT2D eigenvalue weighted by molar-refractivity contribution is 5.93. The van der Waals surface area contributed by atoms with Gasteiger partial charge in [-0.25, -0.2) is 4.39 Å². The molecule has 1 amide bonds. The molecule has 0 aliphatic carbocycles. The number of pyridine rings is 1. The Morgan fingerprint density at radius 1 is 1.30 bits per heavy atom. The van der Waals surface area contributed by atoms with Crippen LogP contribution < -0.4 is 10.9 Å². The highest BCUT2D eigenvalue weighted by atomic mass is 19.1. The SMILES string of the molecule is Cn1ccc(C(=O)NCCc2cccc(F)c2)cc1=O. The van der Waals surface area contributed by atoms with Gasteiger partial charge in [0.25, 0.3) is 11.5 Å². The molecule has 2 aromatic rings. The van der Waals surface area contributed by atoms with Gasteiger partial charge in [-0.2, -0.15) is 0 Å². The molecular weight excluding hydrogens is 259 g/mol. The number of nitrogens with zero attached hydrogens (tertiary/aromatic N) is 1. The maximum atomic E-state index is 13.0. The zero-order chi connectivity index (χ0) is 14.5. The standard InChI is InChI=1S/C15H15FN2O2/c1-18-8-6-12(10-14(18)19)15(20)17-7-5-11-3-2-4-13(16)9-11/h2-4,6,8-10H,5,7H2,1H3,(H,17,20). The molecule has 1 aromatic heterocycles. The van der Waals surface area contributed by atoms with Crippen LogP contribution in [0.25, 0.3) is 0 Å². The lowest BCUT2D eigenvalue weighted by Crippen LogP contribution is -2.27. The van der Waals surface area contributed by atoms with Crippen molar-refractivity contribution < 1.29 is 9.18 Å². The molecule has 0 bridgehead atoms. The fourth-order valence-corrected chi connectivity index (χ4v) is 1.80. The van der Waals surface area contributed by atoms with Crippen molar-refractivity contribution in [1.29, 1.82) is 0 Å². The summed E-state index contributed by atoms with van der Waals surface area (Å²) in [5, 5.41) is 2.70. The number of benzene rings is 1. The van der Waals surface area contributed by atoms with E-state index in [2.05, 4.69) is 5.32 Å². The van der Waals surface area contributed by atoms with Gasteiger partial charge in [-0.1, -0.05) is 12.1 Å². The molecule has 1 N–H and O–H groups in total. The molecule has 0 fully saturated rings. The van der Waals surface area contributed by atoms with Crippen molar-refractivity contribution >= 4 is 5.91 Å². The van der Waals surface area contributed by atoms with Gasteiger partial charge in [-0.05, 0) is 30.2 Å². The van der Waals surface area contributed by atoms with E-state index in [4.69, 9.17) is 0 Å². The summed E-state index contributed by atoms with van der Waals surface area (Å²) in [5.41, 5.74) is 0.907. The fourth-order valence-electron chi connectivity index (χ4n) is 1.80. The van der Waals surface area contributed by atoms with Crippen molar-refractivity contribution in [3.05, 3.63) is 69.9 Å². The molecule has 0 saturated heterocycles. The summed E-state index contributed by atoms with van der Waals surface area (Å²) in [6, 6.07) is 9.11. The highest BCUT2D eigenvalue weighted by Crippen LogP contribution is 2.03.